The molecule has 2 amide bonds. The molecule has 1 aromatic rings. The van der Waals surface area contributed by atoms with Crippen molar-refractivity contribution < 1.29 is 14.0 Å². The molecule has 2 aliphatic rings. The van der Waals surface area contributed by atoms with Gasteiger partial charge in [-0.25, -0.2) is 4.39 Å². The molecule has 1 atom stereocenters. The van der Waals surface area contributed by atoms with E-state index < -0.39 is 6.04 Å². The van der Waals surface area contributed by atoms with Crippen molar-refractivity contribution in [3.8, 4) is 0 Å². The van der Waals surface area contributed by atoms with Crippen molar-refractivity contribution in [3.05, 3.63) is 29.6 Å². The number of rotatable bonds is 3. The van der Waals surface area contributed by atoms with E-state index in [1.807, 2.05) is 12.1 Å². The van der Waals surface area contributed by atoms with Gasteiger partial charge in [0.1, 0.15) is 11.9 Å². The first kappa shape index (κ1) is 20.4. The van der Waals surface area contributed by atoms with Crippen LogP contribution in [0.25, 0.3) is 0 Å². The first-order chi connectivity index (χ1) is 12.4. The lowest BCUT2D eigenvalue weighted by atomic mass is 9.89. The van der Waals surface area contributed by atoms with Crippen molar-refractivity contribution in [2.45, 2.75) is 57.9 Å². The highest BCUT2D eigenvalue weighted by Crippen LogP contribution is 2.31. The van der Waals surface area contributed by atoms with E-state index in [4.69, 9.17) is 0 Å². The average Bonchev–Trinajstić information content (AvgIpc) is 2.59. The van der Waals surface area contributed by atoms with E-state index in [1.165, 1.54) is 12.5 Å². The first-order valence-electron chi connectivity index (χ1n) is 9.52. The number of carbonyl (C=O) groups excluding carboxylic acids is 2. The molecule has 3 rings (SSSR count). The topological polar surface area (TPSA) is 61.4 Å². The molecule has 26 heavy (non-hydrogen) atoms. The fourth-order valence-electron chi connectivity index (χ4n) is 3.30. The summed E-state index contributed by atoms with van der Waals surface area (Å²) in [7, 11) is 2.08. The van der Waals surface area contributed by atoms with Crippen molar-refractivity contribution in [2.24, 2.45) is 0 Å². The molecular formula is C20H30FN3O2. The SMILES string of the molecule is CCC.CN1CCC(c2ccc(NC3CCC(=O)NC3=O)cc2F)CC1. The van der Waals surface area contributed by atoms with Gasteiger partial charge in [0.05, 0.1) is 0 Å². The zero-order valence-electron chi connectivity index (χ0n) is 16.0. The third-order valence-electron chi connectivity index (χ3n) is 4.74. The lowest BCUT2D eigenvalue weighted by Crippen LogP contribution is -2.47. The van der Waals surface area contributed by atoms with Gasteiger partial charge >= 0.3 is 0 Å². The summed E-state index contributed by atoms with van der Waals surface area (Å²) in [6.45, 7) is 6.22. The Hall–Kier alpha value is -1.95. The summed E-state index contributed by atoms with van der Waals surface area (Å²) in [6.07, 6.45) is 3.92. The van der Waals surface area contributed by atoms with Crippen LogP contribution in [0.4, 0.5) is 10.1 Å². The molecule has 6 heteroatoms. The van der Waals surface area contributed by atoms with Crippen LogP contribution in [0.15, 0.2) is 18.2 Å². The Balaban J connectivity index is 0.000000758. The Labute approximate surface area is 155 Å². The van der Waals surface area contributed by atoms with Crippen LogP contribution in [0, 0.1) is 5.82 Å². The maximum atomic E-state index is 14.4. The predicted molar refractivity (Wildman–Crippen MR) is 102 cm³/mol. The van der Waals surface area contributed by atoms with Gasteiger partial charge in [-0.1, -0.05) is 26.3 Å². The van der Waals surface area contributed by atoms with Crippen LogP contribution in [-0.4, -0.2) is 42.9 Å². The molecule has 1 unspecified atom stereocenters. The first-order valence-corrected chi connectivity index (χ1v) is 9.52. The summed E-state index contributed by atoms with van der Waals surface area (Å²) in [5.74, 6) is -0.564. The Morgan fingerprint density at radius 3 is 2.42 bits per heavy atom. The van der Waals surface area contributed by atoms with E-state index in [2.05, 4.69) is 36.4 Å². The van der Waals surface area contributed by atoms with Gasteiger partial charge in [-0.3, -0.25) is 14.9 Å². The molecule has 0 radical (unpaired) electrons. The third kappa shape index (κ3) is 5.53. The number of benzene rings is 1. The number of imide groups is 1. The molecule has 5 nitrogen and oxygen atoms in total. The Kier molecular flexibility index (Phi) is 7.57. The number of hydrogen-bond donors (Lipinski definition) is 2. The average molecular weight is 363 g/mol. The van der Waals surface area contributed by atoms with Crippen LogP contribution in [0.3, 0.4) is 0 Å². The number of nitrogens with zero attached hydrogens (tertiary/aromatic N) is 1. The van der Waals surface area contributed by atoms with E-state index in [0.717, 1.165) is 31.5 Å². The minimum Gasteiger partial charge on any atom is -0.374 e. The molecule has 2 aliphatic heterocycles. The van der Waals surface area contributed by atoms with Gasteiger partial charge in [0.15, 0.2) is 0 Å². The minimum absolute atomic E-state index is 0.225. The van der Waals surface area contributed by atoms with Crippen molar-refractivity contribution in [3.63, 3.8) is 0 Å². The second-order valence-corrected chi connectivity index (χ2v) is 7.17. The highest BCUT2D eigenvalue weighted by atomic mass is 19.1. The number of piperidine rings is 2. The standard InChI is InChI=1S/C17H22FN3O2.C3H8/c1-21-8-6-11(7-9-21)13-3-2-12(10-14(13)18)19-15-4-5-16(22)20-17(15)23;1-3-2/h2-3,10-11,15,19H,4-9H2,1H3,(H,20,22,23);3H2,1-2H3. The van der Waals surface area contributed by atoms with Crippen LogP contribution in [0.5, 0.6) is 0 Å². The summed E-state index contributed by atoms with van der Waals surface area (Å²) < 4.78 is 14.4. The van der Waals surface area contributed by atoms with Gasteiger partial charge in [0, 0.05) is 12.1 Å². The molecule has 0 aliphatic carbocycles. The fourth-order valence-corrected chi connectivity index (χ4v) is 3.30. The van der Waals surface area contributed by atoms with E-state index in [1.54, 1.807) is 0 Å². The van der Waals surface area contributed by atoms with E-state index in [0.29, 0.717) is 18.5 Å². The molecule has 1 aromatic carbocycles. The summed E-state index contributed by atoms with van der Waals surface area (Å²) in [5.41, 5.74) is 1.33. The number of carbonyl (C=O) groups is 2. The zero-order valence-corrected chi connectivity index (χ0v) is 16.0. The van der Waals surface area contributed by atoms with Crippen molar-refractivity contribution in [1.29, 1.82) is 0 Å². The van der Waals surface area contributed by atoms with Crippen LogP contribution in [0.1, 0.15) is 57.4 Å². The maximum absolute atomic E-state index is 14.4. The molecule has 0 spiro atoms. The van der Waals surface area contributed by atoms with Crippen LogP contribution in [-0.2, 0) is 9.59 Å². The lowest BCUT2D eigenvalue weighted by Gasteiger charge is -2.29. The van der Waals surface area contributed by atoms with Gasteiger partial charge in [-0.2, -0.15) is 0 Å². The van der Waals surface area contributed by atoms with E-state index >= 15 is 0 Å². The number of halogens is 1. The van der Waals surface area contributed by atoms with Crippen LogP contribution >= 0.6 is 0 Å². The van der Waals surface area contributed by atoms with Gasteiger partial charge in [0.25, 0.3) is 0 Å². The summed E-state index contributed by atoms with van der Waals surface area (Å²) in [6, 6.07) is 4.61. The Bertz CT molecular complexity index is 627. The highest BCUT2D eigenvalue weighted by molar-refractivity contribution is 6.01. The normalized spacial score (nSPS) is 21.6. The zero-order chi connectivity index (χ0) is 19.1. The second-order valence-electron chi connectivity index (χ2n) is 7.17. The van der Waals surface area contributed by atoms with Gasteiger partial charge in [0.2, 0.25) is 11.8 Å². The largest absolute Gasteiger partial charge is 0.374 e. The molecule has 2 fully saturated rings. The minimum atomic E-state index is -0.485. The molecule has 2 N–H and O–H groups in total. The third-order valence-corrected chi connectivity index (χ3v) is 4.74. The van der Waals surface area contributed by atoms with Crippen LogP contribution in [0.2, 0.25) is 0 Å². The maximum Gasteiger partial charge on any atom is 0.249 e. The van der Waals surface area contributed by atoms with Crippen molar-refractivity contribution >= 4 is 17.5 Å². The molecule has 0 bridgehead atoms. The van der Waals surface area contributed by atoms with Gasteiger partial charge < -0.3 is 10.2 Å². The predicted octanol–water partition coefficient (Wildman–Crippen LogP) is 3.27. The summed E-state index contributed by atoms with van der Waals surface area (Å²) in [5, 5.41) is 5.31. The van der Waals surface area contributed by atoms with E-state index in [9.17, 15) is 14.0 Å². The quantitative estimate of drug-likeness (QED) is 0.809. The summed E-state index contributed by atoms with van der Waals surface area (Å²) >= 11 is 0. The monoisotopic (exact) mass is 363 g/mol. The molecular weight excluding hydrogens is 333 g/mol. The molecule has 2 heterocycles. The fraction of sp³-hybridized carbons (Fsp3) is 0.600. The molecule has 144 valence electrons. The molecule has 0 aromatic heterocycles. The molecule has 0 saturated carbocycles. The summed E-state index contributed by atoms with van der Waals surface area (Å²) in [4.78, 5) is 25.1. The van der Waals surface area contributed by atoms with Crippen molar-refractivity contribution in [1.82, 2.24) is 10.2 Å². The smallest absolute Gasteiger partial charge is 0.249 e. The lowest BCUT2D eigenvalue weighted by molar-refractivity contribution is -0.133. The van der Waals surface area contributed by atoms with Crippen molar-refractivity contribution in [2.75, 3.05) is 25.5 Å². The Morgan fingerprint density at radius 1 is 1.19 bits per heavy atom. The Morgan fingerprint density at radius 2 is 1.85 bits per heavy atom. The number of likely N-dealkylation sites (tertiary alicyclic amines) is 1. The second kappa shape index (κ2) is 9.67. The van der Waals surface area contributed by atoms with E-state index in [-0.39, 0.29) is 23.5 Å². The van der Waals surface area contributed by atoms with Gasteiger partial charge in [-0.15, -0.1) is 0 Å². The van der Waals surface area contributed by atoms with Gasteiger partial charge in [-0.05, 0) is 63.0 Å². The highest BCUT2D eigenvalue weighted by Gasteiger charge is 2.27. The molecule has 2 saturated heterocycles. The number of nitrogens with one attached hydrogen (secondary N) is 2. The van der Waals surface area contributed by atoms with Crippen LogP contribution < -0.4 is 10.6 Å². The number of amides is 2. The number of anilines is 1. The number of hydrogen-bond acceptors (Lipinski definition) is 4.